The number of aliphatic hydroxyl groups excluding tert-OH is 3. The van der Waals surface area contributed by atoms with Crippen molar-refractivity contribution in [3.05, 3.63) is 11.5 Å². The molecule has 24 heavy (non-hydrogen) atoms. The van der Waals surface area contributed by atoms with Gasteiger partial charge in [0.1, 0.15) is 12.7 Å². The quantitative estimate of drug-likeness (QED) is 0.475. The molecular formula is C15H26O9. The lowest BCUT2D eigenvalue weighted by Gasteiger charge is -2.17. The Kier molecular flexibility index (Phi) is 13.2. The van der Waals surface area contributed by atoms with Crippen molar-refractivity contribution < 1.29 is 43.9 Å². The lowest BCUT2D eigenvalue weighted by atomic mass is 10.2. The van der Waals surface area contributed by atoms with E-state index in [1.54, 1.807) is 0 Å². The third-order valence-electron chi connectivity index (χ3n) is 2.46. The largest absolute Gasteiger partial charge is 0.505 e. The Morgan fingerprint density at radius 3 is 2.04 bits per heavy atom. The van der Waals surface area contributed by atoms with Gasteiger partial charge in [0.05, 0.1) is 20.0 Å². The molecule has 1 aliphatic heterocycles. The molecular weight excluding hydrogens is 324 g/mol. The minimum absolute atomic E-state index is 0.171. The first kappa shape index (κ1) is 24.0. The molecule has 0 radical (unpaired) electrons. The molecule has 2 atom stereocenters. The molecule has 0 saturated heterocycles. The van der Waals surface area contributed by atoms with Crippen LogP contribution in [-0.2, 0) is 28.6 Å². The van der Waals surface area contributed by atoms with Crippen LogP contribution in [0.3, 0.4) is 0 Å². The number of hydrogen-bond acceptors (Lipinski definition) is 9. The topological polar surface area (TPSA) is 140 Å². The molecule has 1 rings (SSSR count). The van der Waals surface area contributed by atoms with Gasteiger partial charge >= 0.3 is 17.9 Å². The lowest BCUT2D eigenvalue weighted by molar-refractivity contribution is -0.156. The number of esters is 3. The minimum atomic E-state index is -1.54. The molecule has 3 N–H and O–H groups in total. The van der Waals surface area contributed by atoms with E-state index < -0.39 is 48.2 Å². The number of aliphatic hydroxyl groups is 3. The fraction of sp³-hybridized carbons (Fsp3) is 0.667. The second kappa shape index (κ2) is 13.2. The van der Waals surface area contributed by atoms with Crippen molar-refractivity contribution >= 4 is 17.9 Å². The van der Waals surface area contributed by atoms with Crippen LogP contribution in [0.15, 0.2) is 11.5 Å². The SMILES string of the molecule is CC.CC.COC(=O)CCC(=O)OCC(O)C1OC(=O)C(O)=C1O. The smallest absolute Gasteiger partial charge is 0.377 e. The van der Waals surface area contributed by atoms with Crippen molar-refractivity contribution in [1.29, 1.82) is 0 Å². The van der Waals surface area contributed by atoms with E-state index in [1.165, 1.54) is 7.11 Å². The molecule has 140 valence electrons. The molecule has 1 aliphatic rings. The van der Waals surface area contributed by atoms with E-state index in [2.05, 4.69) is 14.2 Å². The molecule has 0 aromatic carbocycles. The monoisotopic (exact) mass is 350 g/mol. The van der Waals surface area contributed by atoms with E-state index in [-0.39, 0.29) is 12.8 Å². The van der Waals surface area contributed by atoms with E-state index in [4.69, 9.17) is 5.11 Å². The molecule has 1 heterocycles. The van der Waals surface area contributed by atoms with Crippen LogP contribution in [0.1, 0.15) is 40.5 Å². The molecule has 0 fully saturated rings. The first-order valence-electron chi connectivity index (χ1n) is 7.60. The molecule has 2 unspecified atom stereocenters. The molecule has 0 saturated carbocycles. The molecule has 0 bridgehead atoms. The predicted molar refractivity (Wildman–Crippen MR) is 83.1 cm³/mol. The summed E-state index contributed by atoms with van der Waals surface area (Å²) in [5, 5.41) is 27.9. The van der Waals surface area contributed by atoms with E-state index in [9.17, 15) is 24.6 Å². The number of rotatable bonds is 6. The summed E-state index contributed by atoms with van der Waals surface area (Å²) in [6.45, 7) is 7.43. The second-order valence-electron chi connectivity index (χ2n) is 3.89. The summed E-state index contributed by atoms with van der Waals surface area (Å²) in [6, 6.07) is 0. The normalized spacial score (nSPS) is 16.8. The van der Waals surface area contributed by atoms with Crippen molar-refractivity contribution in [2.75, 3.05) is 13.7 Å². The van der Waals surface area contributed by atoms with Crippen LogP contribution in [0.4, 0.5) is 0 Å². The second-order valence-corrected chi connectivity index (χ2v) is 3.89. The van der Waals surface area contributed by atoms with E-state index in [1.807, 2.05) is 27.7 Å². The zero-order valence-corrected chi connectivity index (χ0v) is 14.6. The van der Waals surface area contributed by atoms with Crippen LogP contribution < -0.4 is 0 Å². The average molecular weight is 350 g/mol. The van der Waals surface area contributed by atoms with Crippen LogP contribution in [0.5, 0.6) is 0 Å². The average Bonchev–Trinajstić information content (AvgIpc) is 2.88. The van der Waals surface area contributed by atoms with Gasteiger partial charge in [-0.05, 0) is 0 Å². The standard InChI is InChI=1S/C11H14O9.2C2H6/c1-18-6(13)2-3-7(14)19-4-5(12)10-8(15)9(16)11(17)20-10;2*1-2/h5,10,12,15-16H,2-4H2,1H3;2*1-2H3. The fourth-order valence-electron chi connectivity index (χ4n) is 1.37. The summed E-state index contributed by atoms with van der Waals surface area (Å²) < 4.78 is 13.4. The summed E-state index contributed by atoms with van der Waals surface area (Å²) >= 11 is 0. The van der Waals surface area contributed by atoms with Gasteiger partial charge in [0.15, 0.2) is 11.9 Å². The number of cyclic esters (lactones) is 1. The van der Waals surface area contributed by atoms with Crippen molar-refractivity contribution in [1.82, 2.24) is 0 Å². The number of carbonyl (C=O) groups excluding carboxylic acids is 3. The van der Waals surface area contributed by atoms with Crippen LogP contribution in [0, 0.1) is 0 Å². The predicted octanol–water partition coefficient (Wildman–Crippen LogP) is 1.15. The van der Waals surface area contributed by atoms with Gasteiger partial charge in [-0.25, -0.2) is 4.79 Å². The third kappa shape index (κ3) is 7.82. The Labute approximate surface area is 140 Å². The maximum atomic E-state index is 11.2. The van der Waals surface area contributed by atoms with Gasteiger partial charge in [0.25, 0.3) is 0 Å². The van der Waals surface area contributed by atoms with Crippen molar-refractivity contribution in [2.24, 2.45) is 0 Å². The highest BCUT2D eigenvalue weighted by Crippen LogP contribution is 2.21. The lowest BCUT2D eigenvalue weighted by Crippen LogP contribution is -2.33. The molecule has 0 spiro atoms. The van der Waals surface area contributed by atoms with Crippen LogP contribution in [0.2, 0.25) is 0 Å². The highest BCUT2D eigenvalue weighted by Gasteiger charge is 2.39. The van der Waals surface area contributed by atoms with Gasteiger partial charge in [-0.2, -0.15) is 0 Å². The van der Waals surface area contributed by atoms with Gasteiger partial charge in [0.2, 0.25) is 5.76 Å². The Morgan fingerprint density at radius 2 is 1.62 bits per heavy atom. The summed E-state index contributed by atoms with van der Waals surface area (Å²) in [4.78, 5) is 32.9. The summed E-state index contributed by atoms with van der Waals surface area (Å²) in [5.74, 6) is -4.35. The Bertz CT molecular complexity index is 442. The van der Waals surface area contributed by atoms with Gasteiger partial charge in [-0.1, -0.05) is 27.7 Å². The van der Waals surface area contributed by atoms with E-state index >= 15 is 0 Å². The van der Waals surface area contributed by atoms with E-state index in [0.29, 0.717) is 0 Å². The summed E-state index contributed by atoms with van der Waals surface area (Å²) in [7, 11) is 1.17. The molecule has 9 nitrogen and oxygen atoms in total. The van der Waals surface area contributed by atoms with Crippen LogP contribution >= 0.6 is 0 Å². The third-order valence-corrected chi connectivity index (χ3v) is 2.46. The zero-order valence-electron chi connectivity index (χ0n) is 14.6. The maximum absolute atomic E-state index is 11.2. The highest BCUT2D eigenvalue weighted by molar-refractivity contribution is 5.89. The highest BCUT2D eigenvalue weighted by atomic mass is 16.6. The van der Waals surface area contributed by atoms with Gasteiger partial charge < -0.3 is 29.5 Å². The molecule has 0 aromatic heterocycles. The minimum Gasteiger partial charge on any atom is -0.505 e. The first-order chi connectivity index (χ1) is 11.4. The summed E-state index contributed by atoms with van der Waals surface area (Å²) in [5.41, 5.74) is 0. The molecule has 9 heteroatoms. The Hall–Kier alpha value is -2.29. The fourth-order valence-corrected chi connectivity index (χ4v) is 1.37. The van der Waals surface area contributed by atoms with Crippen molar-refractivity contribution in [3.8, 4) is 0 Å². The number of hydrogen-bond donors (Lipinski definition) is 3. The van der Waals surface area contributed by atoms with Gasteiger partial charge in [-0.3, -0.25) is 9.59 Å². The number of ether oxygens (including phenoxy) is 3. The van der Waals surface area contributed by atoms with Crippen molar-refractivity contribution in [3.63, 3.8) is 0 Å². The Morgan fingerprint density at radius 1 is 1.12 bits per heavy atom. The number of methoxy groups -OCH3 is 1. The first-order valence-corrected chi connectivity index (χ1v) is 7.60. The van der Waals surface area contributed by atoms with Gasteiger partial charge in [-0.15, -0.1) is 0 Å². The Balaban J connectivity index is 0. The maximum Gasteiger partial charge on any atom is 0.377 e. The molecule has 0 aliphatic carbocycles. The van der Waals surface area contributed by atoms with Gasteiger partial charge in [0, 0.05) is 0 Å². The molecule has 0 amide bonds. The molecule has 0 aromatic rings. The van der Waals surface area contributed by atoms with Crippen LogP contribution in [0.25, 0.3) is 0 Å². The summed E-state index contributed by atoms with van der Waals surface area (Å²) in [6.07, 6.45) is -3.44. The van der Waals surface area contributed by atoms with E-state index in [0.717, 1.165) is 0 Å². The van der Waals surface area contributed by atoms with Crippen molar-refractivity contribution in [2.45, 2.75) is 52.7 Å². The number of carbonyl (C=O) groups is 3. The van der Waals surface area contributed by atoms with Crippen LogP contribution in [-0.4, -0.2) is 59.2 Å². The zero-order chi connectivity index (χ0) is 19.3.